The normalized spacial score (nSPS) is 21.1. The highest BCUT2D eigenvalue weighted by Crippen LogP contribution is 2.47. The molecule has 1 aliphatic heterocycles. The lowest BCUT2D eigenvalue weighted by Gasteiger charge is -2.57. The fourth-order valence-electron chi connectivity index (χ4n) is 2.72. The lowest BCUT2D eigenvalue weighted by Crippen LogP contribution is -2.63. The van der Waals surface area contributed by atoms with Crippen LogP contribution in [0.3, 0.4) is 0 Å². The molecule has 1 saturated heterocycles. The van der Waals surface area contributed by atoms with Crippen molar-refractivity contribution in [1.29, 1.82) is 0 Å². The van der Waals surface area contributed by atoms with Crippen LogP contribution in [0.4, 0.5) is 0 Å². The molecule has 1 aliphatic rings. The molecule has 0 spiro atoms. The van der Waals surface area contributed by atoms with E-state index in [0.717, 1.165) is 0 Å². The third-order valence-corrected chi connectivity index (χ3v) is 3.84. The molecule has 0 bridgehead atoms. The summed E-state index contributed by atoms with van der Waals surface area (Å²) in [4.78, 5) is 2.40. The lowest BCUT2D eigenvalue weighted by molar-refractivity contribution is 0.00400. The molecular formula is C14H21N. The van der Waals surface area contributed by atoms with Gasteiger partial charge in [-0.05, 0) is 18.0 Å². The zero-order valence-electron chi connectivity index (χ0n) is 10.2. The van der Waals surface area contributed by atoms with Crippen LogP contribution in [0.2, 0.25) is 0 Å². The Hall–Kier alpha value is -0.820. The molecular weight excluding hydrogens is 182 g/mol. The summed E-state index contributed by atoms with van der Waals surface area (Å²) >= 11 is 0. The maximum Gasteiger partial charge on any atom is 0.0255 e. The first-order valence-electron chi connectivity index (χ1n) is 5.70. The van der Waals surface area contributed by atoms with E-state index in [2.05, 4.69) is 63.1 Å². The SMILES string of the molecule is CN1CC(c2ccccc2)(C(C)(C)C)C1. The van der Waals surface area contributed by atoms with Gasteiger partial charge in [-0.2, -0.15) is 0 Å². The van der Waals surface area contributed by atoms with Gasteiger partial charge in [0, 0.05) is 18.5 Å². The van der Waals surface area contributed by atoms with Gasteiger partial charge in [0.2, 0.25) is 0 Å². The van der Waals surface area contributed by atoms with Gasteiger partial charge >= 0.3 is 0 Å². The fraction of sp³-hybridized carbons (Fsp3) is 0.571. The van der Waals surface area contributed by atoms with Crippen LogP contribution in [-0.4, -0.2) is 25.0 Å². The minimum atomic E-state index is 0.334. The van der Waals surface area contributed by atoms with E-state index in [-0.39, 0.29) is 0 Å². The van der Waals surface area contributed by atoms with E-state index in [1.165, 1.54) is 18.7 Å². The third-order valence-electron chi connectivity index (χ3n) is 3.84. The highest BCUT2D eigenvalue weighted by molar-refractivity contribution is 5.32. The van der Waals surface area contributed by atoms with Crippen molar-refractivity contribution >= 4 is 0 Å². The van der Waals surface area contributed by atoms with Gasteiger partial charge in [0.25, 0.3) is 0 Å². The summed E-state index contributed by atoms with van der Waals surface area (Å²) in [5, 5.41) is 0. The maximum atomic E-state index is 2.40. The Morgan fingerprint density at radius 3 is 2.00 bits per heavy atom. The molecule has 82 valence electrons. The van der Waals surface area contributed by atoms with Crippen molar-refractivity contribution in [3.05, 3.63) is 35.9 Å². The van der Waals surface area contributed by atoms with E-state index in [1.807, 2.05) is 0 Å². The van der Waals surface area contributed by atoms with Crippen LogP contribution in [0, 0.1) is 5.41 Å². The molecule has 1 aromatic rings. The first kappa shape index (κ1) is 10.7. The zero-order chi connectivity index (χ0) is 11.1. The second-order valence-electron chi connectivity index (χ2n) is 5.87. The number of benzene rings is 1. The Kier molecular flexibility index (Phi) is 2.38. The third kappa shape index (κ3) is 1.59. The molecule has 1 heteroatoms. The van der Waals surface area contributed by atoms with Crippen LogP contribution < -0.4 is 0 Å². The molecule has 0 unspecified atom stereocenters. The van der Waals surface area contributed by atoms with Crippen LogP contribution >= 0.6 is 0 Å². The average molecular weight is 203 g/mol. The van der Waals surface area contributed by atoms with E-state index in [0.29, 0.717) is 10.8 Å². The van der Waals surface area contributed by atoms with Gasteiger partial charge in [0.15, 0.2) is 0 Å². The largest absolute Gasteiger partial charge is 0.304 e. The average Bonchev–Trinajstić information content (AvgIpc) is 2.12. The number of likely N-dealkylation sites (N-methyl/N-ethyl adjacent to an activating group) is 1. The Bertz CT molecular complexity index is 328. The summed E-state index contributed by atoms with van der Waals surface area (Å²) in [6.07, 6.45) is 0. The summed E-state index contributed by atoms with van der Waals surface area (Å²) in [5.74, 6) is 0. The second-order valence-corrected chi connectivity index (χ2v) is 5.87. The van der Waals surface area contributed by atoms with Crippen LogP contribution in [0.5, 0.6) is 0 Å². The smallest absolute Gasteiger partial charge is 0.0255 e. The Morgan fingerprint density at radius 1 is 1.07 bits per heavy atom. The van der Waals surface area contributed by atoms with Crippen LogP contribution in [0.25, 0.3) is 0 Å². The molecule has 0 atom stereocenters. The van der Waals surface area contributed by atoms with Crippen molar-refractivity contribution in [1.82, 2.24) is 4.90 Å². The molecule has 1 heterocycles. The molecule has 0 N–H and O–H groups in total. The van der Waals surface area contributed by atoms with E-state index in [1.54, 1.807) is 0 Å². The summed E-state index contributed by atoms with van der Waals surface area (Å²) in [7, 11) is 2.20. The number of likely N-dealkylation sites (tertiary alicyclic amines) is 1. The van der Waals surface area contributed by atoms with Crippen LogP contribution in [0.1, 0.15) is 26.3 Å². The lowest BCUT2D eigenvalue weighted by atomic mass is 9.58. The highest BCUT2D eigenvalue weighted by Gasteiger charge is 2.50. The zero-order valence-corrected chi connectivity index (χ0v) is 10.2. The van der Waals surface area contributed by atoms with Crippen molar-refractivity contribution in [3.8, 4) is 0 Å². The quantitative estimate of drug-likeness (QED) is 0.678. The predicted molar refractivity (Wildman–Crippen MR) is 65.1 cm³/mol. The Morgan fingerprint density at radius 2 is 1.60 bits per heavy atom. The van der Waals surface area contributed by atoms with E-state index < -0.39 is 0 Å². The monoisotopic (exact) mass is 203 g/mol. The predicted octanol–water partition coefficient (Wildman–Crippen LogP) is 2.92. The first-order valence-corrected chi connectivity index (χ1v) is 5.70. The van der Waals surface area contributed by atoms with Gasteiger partial charge in [-0.1, -0.05) is 51.1 Å². The molecule has 0 radical (unpaired) electrons. The molecule has 0 aromatic heterocycles. The standard InChI is InChI=1S/C14H21N/c1-13(2,3)14(10-15(4)11-14)12-8-6-5-7-9-12/h5-9H,10-11H2,1-4H3. The summed E-state index contributed by atoms with van der Waals surface area (Å²) < 4.78 is 0. The highest BCUT2D eigenvalue weighted by atomic mass is 15.2. The first-order chi connectivity index (χ1) is 6.96. The van der Waals surface area contributed by atoms with Gasteiger partial charge in [-0.3, -0.25) is 0 Å². The van der Waals surface area contributed by atoms with E-state index in [4.69, 9.17) is 0 Å². The fourth-order valence-corrected chi connectivity index (χ4v) is 2.72. The minimum absolute atomic E-state index is 0.334. The van der Waals surface area contributed by atoms with Crippen molar-refractivity contribution in [2.24, 2.45) is 5.41 Å². The van der Waals surface area contributed by atoms with Gasteiger partial charge in [0.1, 0.15) is 0 Å². The number of hydrogen-bond donors (Lipinski definition) is 0. The van der Waals surface area contributed by atoms with Crippen LogP contribution in [-0.2, 0) is 5.41 Å². The topological polar surface area (TPSA) is 3.24 Å². The molecule has 1 fully saturated rings. The maximum absolute atomic E-state index is 2.40. The van der Waals surface area contributed by atoms with Crippen molar-refractivity contribution in [3.63, 3.8) is 0 Å². The second kappa shape index (κ2) is 3.34. The van der Waals surface area contributed by atoms with Crippen molar-refractivity contribution in [2.75, 3.05) is 20.1 Å². The van der Waals surface area contributed by atoms with Crippen molar-refractivity contribution in [2.45, 2.75) is 26.2 Å². The number of nitrogens with zero attached hydrogens (tertiary/aromatic N) is 1. The van der Waals surface area contributed by atoms with E-state index in [9.17, 15) is 0 Å². The molecule has 0 saturated carbocycles. The number of rotatable bonds is 1. The van der Waals surface area contributed by atoms with Gasteiger partial charge < -0.3 is 4.90 Å². The van der Waals surface area contributed by atoms with Gasteiger partial charge in [-0.15, -0.1) is 0 Å². The number of hydrogen-bond acceptors (Lipinski definition) is 1. The summed E-state index contributed by atoms with van der Waals surface area (Å²) in [5.41, 5.74) is 2.18. The molecule has 0 aliphatic carbocycles. The molecule has 1 aromatic carbocycles. The molecule has 15 heavy (non-hydrogen) atoms. The Balaban J connectivity index is 2.38. The minimum Gasteiger partial charge on any atom is -0.304 e. The van der Waals surface area contributed by atoms with E-state index >= 15 is 0 Å². The van der Waals surface area contributed by atoms with Crippen molar-refractivity contribution < 1.29 is 0 Å². The van der Waals surface area contributed by atoms with Gasteiger partial charge in [0.05, 0.1) is 0 Å². The molecule has 2 rings (SSSR count). The summed E-state index contributed by atoms with van der Waals surface area (Å²) in [6.45, 7) is 9.42. The van der Waals surface area contributed by atoms with Gasteiger partial charge in [-0.25, -0.2) is 0 Å². The van der Waals surface area contributed by atoms with Crippen LogP contribution in [0.15, 0.2) is 30.3 Å². The summed E-state index contributed by atoms with van der Waals surface area (Å²) in [6, 6.07) is 11.0. The molecule has 0 amide bonds. The molecule has 1 nitrogen and oxygen atoms in total. The Labute approximate surface area is 93.1 Å².